The van der Waals surface area contributed by atoms with Crippen LogP contribution in [0.15, 0.2) is 97.2 Å². The first-order chi connectivity index (χ1) is 35.5. The summed E-state index contributed by atoms with van der Waals surface area (Å²) in [7, 11) is 1.23. The Balaban J connectivity index is 4.14. The minimum absolute atomic E-state index is 0.0117. The lowest BCUT2D eigenvalue weighted by atomic mass is 10.0. The van der Waals surface area contributed by atoms with Gasteiger partial charge in [0.2, 0.25) is 5.91 Å². The van der Waals surface area contributed by atoms with Gasteiger partial charge < -0.3 is 28.8 Å². The highest BCUT2D eigenvalue weighted by atomic mass is 31.2. The van der Waals surface area contributed by atoms with Crippen molar-refractivity contribution in [2.24, 2.45) is 0 Å². The Morgan fingerprint density at radius 2 is 0.849 bits per heavy atom. The third-order valence-corrected chi connectivity index (χ3v) is 14.0. The van der Waals surface area contributed by atoms with Crippen molar-refractivity contribution in [1.82, 2.24) is 5.32 Å². The molecular weight excluding hydrogens is 924 g/mol. The first-order valence-corrected chi connectivity index (χ1v) is 31.6. The fourth-order valence-corrected chi connectivity index (χ4v) is 9.05. The van der Waals surface area contributed by atoms with Crippen molar-refractivity contribution >= 4 is 13.7 Å². The molecule has 9 heteroatoms. The number of aliphatic hydroxyl groups excluding tert-OH is 1. The van der Waals surface area contributed by atoms with Crippen LogP contribution in [0, 0.1) is 0 Å². The number of allylic oxidation sites excluding steroid dienone is 15. The van der Waals surface area contributed by atoms with Crippen LogP contribution < -0.4 is 10.2 Å². The van der Waals surface area contributed by atoms with Gasteiger partial charge in [0, 0.05) is 6.42 Å². The molecule has 8 nitrogen and oxygen atoms in total. The molecule has 3 atom stereocenters. The SMILES string of the molecule is CC/C=C\C/C=C\C/C=C\C/C=C\C/C=C\CCCCCCCCCCCCCCCCCCCC(=O)NC(COP(=O)([O-])OCC[N+](C)(C)C)C(O)/C=C/CC/C=C/CC/C=C/CCCCCCCCCC. The van der Waals surface area contributed by atoms with Crippen LogP contribution in [0.3, 0.4) is 0 Å². The third kappa shape index (κ3) is 57.0. The van der Waals surface area contributed by atoms with Crippen LogP contribution in [0.5, 0.6) is 0 Å². The Bertz CT molecular complexity index is 1510. The first-order valence-electron chi connectivity index (χ1n) is 30.1. The number of aliphatic hydroxyl groups is 1. The molecule has 2 N–H and O–H groups in total. The first kappa shape index (κ1) is 70.4. The van der Waals surface area contributed by atoms with Gasteiger partial charge in [-0.15, -0.1) is 0 Å². The van der Waals surface area contributed by atoms with Gasteiger partial charge in [-0.05, 0) is 89.9 Å². The standard InChI is InChI=1S/C64H115N2O6P/c1-6-8-10-12-14-16-18-20-22-24-26-27-28-29-30-31-32-33-34-35-36-37-38-39-40-42-44-46-48-50-52-54-56-58-64(68)65-62(61-72-73(69,70)71-60-59-66(3,4)5)63(67)57-55-53-51-49-47-45-43-41-25-23-21-19-17-15-13-11-9-7-2/h8,10,14,16,20,22,25-27,29-30,41,47,49,55,57,62-63,67H,6-7,9,11-13,15,17-19,21,23-24,28,31-40,42-46,48,50-54,56,58-61H2,1-5H3,(H-,65,68,69,70)/b10-8-,16-14-,22-20-,27-26-,30-29-,41-25+,49-47+,57-55+. The van der Waals surface area contributed by atoms with E-state index in [2.05, 4.69) is 104 Å². The summed E-state index contributed by atoms with van der Waals surface area (Å²) in [6, 6.07) is -0.914. The number of rotatable bonds is 54. The van der Waals surface area contributed by atoms with E-state index in [-0.39, 0.29) is 12.5 Å². The molecular formula is C64H115N2O6P. The molecule has 0 heterocycles. The number of quaternary nitrogens is 1. The summed E-state index contributed by atoms with van der Waals surface area (Å²) < 4.78 is 23.3. The lowest BCUT2D eigenvalue weighted by Crippen LogP contribution is -2.45. The number of phosphoric acid groups is 1. The molecule has 0 rings (SSSR count). The van der Waals surface area contributed by atoms with Gasteiger partial charge in [-0.3, -0.25) is 9.36 Å². The number of nitrogens with one attached hydrogen (secondary N) is 1. The van der Waals surface area contributed by atoms with Crippen LogP contribution in [0.2, 0.25) is 0 Å². The van der Waals surface area contributed by atoms with Gasteiger partial charge in [-0.25, -0.2) is 0 Å². The summed E-state index contributed by atoms with van der Waals surface area (Å²) in [5.41, 5.74) is 0. The average Bonchev–Trinajstić information content (AvgIpc) is 3.35. The highest BCUT2D eigenvalue weighted by Crippen LogP contribution is 2.38. The quantitative estimate of drug-likeness (QED) is 0.0272. The van der Waals surface area contributed by atoms with Gasteiger partial charge in [0.05, 0.1) is 39.9 Å². The van der Waals surface area contributed by atoms with Gasteiger partial charge >= 0.3 is 0 Å². The summed E-state index contributed by atoms with van der Waals surface area (Å²) >= 11 is 0. The maximum absolute atomic E-state index is 13.0. The highest BCUT2D eigenvalue weighted by molar-refractivity contribution is 7.45. The normalized spacial score (nSPS) is 14.6. The summed E-state index contributed by atoms with van der Waals surface area (Å²) in [4.78, 5) is 25.5. The third-order valence-electron chi connectivity index (χ3n) is 13.0. The van der Waals surface area contributed by atoms with Crippen molar-refractivity contribution in [2.75, 3.05) is 40.9 Å². The number of likely N-dealkylation sites (N-methyl/N-ethyl adjacent to an activating group) is 1. The molecule has 0 aromatic carbocycles. The van der Waals surface area contributed by atoms with Crippen molar-refractivity contribution in [1.29, 1.82) is 0 Å². The largest absolute Gasteiger partial charge is 0.756 e. The fourth-order valence-electron chi connectivity index (χ4n) is 8.33. The van der Waals surface area contributed by atoms with Gasteiger partial charge in [-0.2, -0.15) is 0 Å². The Morgan fingerprint density at radius 1 is 0.493 bits per heavy atom. The molecule has 3 unspecified atom stereocenters. The van der Waals surface area contributed by atoms with E-state index < -0.39 is 26.6 Å². The molecule has 0 radical (unpaired) electrons. The van der Waals surface area contributed by atoms with Gasteiger partial charge in [0.25, 0.3) is 7.82 Å². The maximum Gasteiger partial charge on any atom is 0.268 e. The number of phosphoric ester groups is 1. The Labute approximate surface area is 451 Å². The van der Waals surface area contributed by atoms with Crippen LogP contribution >= 0.6 is 7.82 Å². The summed E-state index contributed by atoms with van der Waals surface area (Å²) in [6.45, 7) is 4.51. The van der Waals surface area contributed by atoms with Crippen molar-refractivity contribution < 1.29 is 32.9 Å². The Kier molecular flexibility index (Phi) is 52.3. The minimum atomic E-state index is -4.61. The molecule has 1 amide bonds. The second-order valence-electron chi connectivity index (χ2n) is 21.3. The van der Waals surface area contributed by atoms with E-state index in [1.807, 2.05) is 27.2 Å². The number of unbranched alkanes of at least 4 members (excludes halogenated alkanes) is 27. The molecule has 0 spiro atoms. The monoisotopic (exact) mass is 1040 g/mol. The molecule has 0 fully saturated rings. The molecule has 0 saturated heterocycles. The summed E-state index contributed by atoms with van der Waals surface area (Å²) in [5, 5.41) is 13.9. The van der Waals surface area contributed by atoms with Gasteiger partial charge in [0.1, 0.15) is 13.2 Å². The zero-order chi connectivity index (χ0) is 53.5. The predicted molar refractivity (Wildman–Crippen MR) is 316 cm³/mol. The Hall–Kier alpha value is -2.58. The smallest absolute Gasteiger partial charge is 0.268 e. The fraction of sp³-hybridized carbons (Fsp3) is 0.734. The van der Waals surface area contributed by atoms with Crippen molar-refractivity contribution in [3.8, 4) is 0 Å². The summed E-state index contributed by atoms with van der Waals surface area (Å²) in [5.74, 6) is -0.212. The Morgan fingerprint density at radius 3 is 1.27 bits per heavy atom. The van der Waals surface area contributed by atoms with Crippen LogP contribution in [0.1, 0.15) is 251 Å². The lowest BCUT2D eigenvalue weighted by molar-refractivity contribution is -0.870. The van der Waals surface area contributed by atoms with Crippen molar-refractivity contribution in [3.63, 3.8) is 0 Å². The van der Waals surface area contributed by atoms with E-state index in [1.165, 1.54) is 154 Å². The average molecular weight is 1040 g/mol. The van der Waals surface area contributed by atoms with Crippen molar-refractivity contribution in [3.05, 3.63) is 97.2 Å². The van der Waals surface area contributed by atoms with E-state index in [1.54, 1.807) is 6.08 Å². The molecule has 0 aliphatic rings. The zero-order valence-electron chi connectivity index (χ0n) is 48.1. The predicted octanol–water partition coefficient (Wildman–Crippen LogP) is 18.0. The number of carbonyl (C=O) groups is 1. The van der Waals surface area contributed by atoms with Gasteiger partial charge in [0.15, 0.2) is 0 Å². The van der Waals surface area contributed by atoms with E-state index in [0.717, 1.165) is 77.0 Å². The molecule has 422 valence electrons. The molecule has 0 aliphatic heterocycles. The van der Waals surface area contributed by atoms with Crippen LogP contribution in [-0.4, -0.2) is 68.5 Å². The molecule has 0 aromatic rings. The van der Waals surface area contributed by atoms with E-state index in [9.17, 15) is 19.4 Å². The summed E-state index contributed by atoms with van der Waals surface area (Å²) in [6.07, 6.45) is 77.8. The molecule has 73 heavy (non-hydrogen) atoms. The second-order valence-corrected chi connectivity index (χ2v) is 22.7. The second kappa shape index (κ2) is 54.2. The van der Waals surface area contributed by atoms with E-state index in [4.69, 9.17) is 9.05 Å². The number of hydrogen-bond donors (Lipinski definition) is 2. The number of carbonyl (C=O) groups excluding carboxylic acids is 1. The molecule has 0 aromatic heterocycles. The number of amides is 1. The van der Waals surface area contributed by atoms with E-state index >= 15 is 0 Å². The lowest BCUT2D eigenvalue weighted by Gasteiger charge is -2.29. The topological polar surface area (TPSA) is 108 Å². The number of hydrogen-bond acceptors (Lipinski definition) is 6. The number of nitrogens with zero attached hydrogens (tertiary/aromatic N) is 1. The molecule has 0 bridgehead atoms. The molecule has 0 aliphatic carbocycles. The van der Waals surface area contributed by atoms with Crippen LogP contribution in [0.4, 0.5) is 0 Å². The van der Waals surface area contributed by atoms with Crippen LogP contribution in [-0.2, 0) is 18.4 Å². The zero-order valence-corrected chi connectivity index (χ0v) is 49.0. The van der Waals surface area contributed by atoms with E-state index in [0.29, 0.717) is 17.4 Å². The van der Waals surface area contributed by atoms with Gasteiger partial charge in [-0.1, -0.05) is 252 Å². The van der Waals surface area contributed by atoms with Crippen molar-refractivity contribution in [2.45, 2.75) is 264 Å². The maximum atomic E-state index is 13.0. The van der Waals surface area contributed by atoms with Crippen LogP contribution in [0.25, 0.3) is 0 Å². The molecule has 0 saturated carbocycles. The minimum Gasteiger partial charge on any atom is -0.756 e. The highest BCUT2D eigenvalue weighted by Gasteiger charge is 2.23.